The minimum atomic E-state index is -0.0169. The first-order valence-electron chi connectivity index (χ1n) is 6.59. The Hall–Kier alpha value is -1.87. The average molecular weight is 289 g/mol. The maximum absolute atomic E-state index is 11.9. The maximum atomic E-state index is 11.9. The Morgan fingerprint density at radius 3 is 2.65 bits per heavy atom. The molecule has 3 nitrogen and oxygen atoms in total. The third-order valence-corrected chi connectivity index (χ3v) is 3.53. The Kier molecular flexibility index (Phi) is 5.13. The van der Waals surface area contributed by atoms with Gasteiger partial charge in [-0.1, -0.05) is 29.8 Å². The number of rotatable bonds is 5. The number of hydrogen-bond acceptors (Lipinski definition) is 2. The monoisotopic (exact) mass is 288 g/mol. The summed E-state index contributed by atoms with van der Waals surface area (Å²) in [6.45, 7) is 1.96. The molecular formula is C16H17ClN2O. The van der Waals surface area contributed by atoms with Gasteiger partial charge in [0.25, 0.3) is 0 Å². The Morgan fingerprint density at radius 1 is 1.25 bits per heavy atom. The van der Waals surface area contributed by atoms with Crippen molar-refractivity contribution in [1.82, 2.24) is 10.3 Å². The molecule has 0 saturated carbocycles. The van der Waals surface area contributed by atoms with E-state index in [1.165, 1.54) is 0 Å². The van der Waals surface area contributed by atoms with Crippen LogP contribution in [0.3, 0.4) is 0 Å². The molecule has 1 N–H and O–H groups in total. The fourth-order valence-corrected chi connectivity index (χ4v) is 2.23. The maximum Gasteiger partial charge on any atom is 0.220 e. The summed E-state index contributed by atoms with van der Waals surface area (Å²) in [6.07, 6.45) is 4.52. The fraction of sp³-hybridized carbons (Fsp3) is 0.250. The van der Waals surface area contributed by atoms with E-state index in [4.69, 9.17) is 11.6 Å². The van der Waals surface area contributed by atoms with Crippen LogP contribution in [0.15, 0.2) is 48.8 Å². The zero-order valence-corrected chi connectivity index (χ0v) is 12.1. The number of pyridine rings is 1. The zero-order chi connectivity index (χ0) is 14.4. The lowest BCUT2D eigenvalue weighted by molar-refractivity contribution is -0.121. The van der Waals surface area contributed by atoms with Crippen LogP contribution < -0.4 is 5.32 Å². The summed E-state index contributed by atoms with van der Waals surface area (Å²) in [6, 6.07) is 11.4. The van der Waals surface area contributed by atoms with Crippen LogP contribution in [0.25, 0.3) is 0 Å². The summed E-state index contributed by atoms with van der Waals surface area (Å²) in [5.41, 5.74) is 2.05. The standard InChI is InChI=1S/C16H17ClN2O/c1-12(13-8-10-18-11-9-13)19-16(20)7-6-14-4-2-3-5-15(14)17/h2-5,8-12H,6-7H2,1H3,(H,19,20)/t12-/m1/s1. The summed E-state index contributed by atoms with van der Waals surface area (Å²) < 4.78 is 0. The number of nitrogens with zero attached hydrogens (tertiary/aromatic N) is 1. The number of amides is 1. The highest BCUT2D eigenvalue weighted by Crippen LogP contribution is 2.17. The van der Waals surface area contributed by atoms with Crippen molar-refractivity contribution < 1.29 is 4.79 Å². The minimum absolute atomic E-state index is 0.0169. The normalized spacial score (nSPS) is 11.9. The molecule has 0 aliphatic rings. The van der Waals surface area contributed by atoms with Crippen LogP contribution in [-0.4, -0.2) is 10.9 Å². The predicted molar refractivity (Wildman–Crippen MR) is 80.6 cm³/mol. The molecule has 104 valence electrons. The Bertz CT molecular complexity index is 572. The summed E-state index contributed by atoms with van der Waals surface area (Å²) in [5.74, 6) is 0.0224. The van der Waals surface area contributed by atoms with Crippen LogP contribution in [0, 0.1) is 0 Å². The molecule has 0 spiro atoms. The van der Waals surface area contributed by atoms with E-state index < -0.39 is 0 Å². The number of aromatic nitrogens is 1. The number of benzene rings is 1. The van der Waals surface area contributed by atoms with Gasteiger partial charge in [0.05, 0.1) is 6.04 Å². The van der Waals surface area contributed by atoms with Gasteiger partial charge in [0, 0.05) is 23.8 Å². The molecule has 1 heterocycles. The van der Waals surface area contributed by atoms with E-state index >= 15 is 0 Å². The summed E-state index contributed by atoms with van der Waals surface area (Å²) >= 11 is 6.07. The molecular weight excluding hydrogens is 272 g/mol. The number of carbonyl (C=O) groups excluding carboxylic acids is 1. The van der Waals surface area contributed by atoms with Gasteiger partial charge in [-0.25, -0.2) is 0 Å². The van der Waals surface area contributed by atoms with Gasteiger partial charge in [-0.15, -0.1) is 0 Å². The Morgan fingerprint density at radius 2 is 1.95 bits per heavy atom. The summed E-state index contributed by atoms with van der Waals surface area (Å²) in [4.78, 5) is 15.9. The molecule has 4 heteroatoms. The van der Waals surface area contributed by atoms with Gasteiger partial charge < -0.3 is 5.32 Å². The Labute approximate surface area is 124 Å². The molecule has 1 aromatic carbocycles. The molecule has 0 saturated heterocycles. The van der Waals surface area contributed by atoms with E-state index in [0.717, 1.165) is 11.1 Å². The van der Waals surface area contributed by atoms with Crippen molar-refractivity contribution in [3.63, 3.8) is 0 Å². The lowest BCUT2D eigenvalue weighted by atomic mass is 10.1. The molecule has 0 aliphatic carbocycles. The number of aryl methyl sites for hydroxylation is 1. The largest absolute Gasteiger partial charge is 0.350 e. The second-order valence-corrected chi connectivity index (χ2v) is 5.07. The number of nitrogens with one attached hydrogen (secondary N) is 1. The molecule has 1 atom stereocenters. The first-order valence-corrected chi connectivity index (χ1v) is 6.97. The number of carbonyl (C=O) groups is 1. The molecule has 0 fully saturated rings. The second-order valence-electron chi connectivity index (χ2n) is 4.66. The highest BCUT2D eigenvalue weighted by molar-refractivity contribution is 6.31. The van der Waals surface area contributed by atoms with Crippen LogP contribution in [0.1, 0.15) is 30.5 Å². The number of hydrogen-bond donors (Lipinski definition) is 1. The van der Waals surface area contributed by atoms with Crippen LogP contribution in [0.2, 0.25) is 5.02 Å². The van der Waals surface area contributed by atoms with Gasteiger partial charge in [-0.05, 0) is 42.7 Å². The van der Waals surface area contributed by atoms with Crippen molar-refractivity contribution >= 4 is 17.5 Å². The first-order chi connectivity index (χ1) is 9.66. The van der Waals surface area contributed by atoms with E-state index in [1.807, 2.05) is 43.3 Å². The SMILES string of the molecule is C[C@@H](NC(=O)CCc1ccccc1Cl)c1ccncc1. The van der Waals surface area contributed by atoms with E-state index in [2.05, 4.69) is 10.3 Å². The van der Waals surface area contributed by atoms with Crippen molar-refractivity contribution in [2.24, 2.45) is 0 Å². The first kappa shape index (κ1) is 14.5. The molecule has 0 aliphatic heterocycles. The van der Waals surface area contributed by atoms with Crippen molar-refractivity contribution in [2.45, 2.75) is 25.8 Å². The molecule has 20 heavy (non-hydrogen) atoms. The van der Waals surface area contributed by atoms with Crippen LogP contribution in [0.4, 0.5) is 0 Å². The molecule has 2 aromatic rings. The van der Waals surface area contributed by atoms with Crippen molar-refractivity contribution in [3.05, 3.63) is 64.9 Å². The van der Waals surface area contributed by atoms with Gasteiger partial charge in [-0.2, -0.15) is 0 Å². The third kappa shape index (κ3) is 4.07. The summed E-state index contributed by atoms with van der Waals surface area (Å²) in [7, 11) is 0. The molecule has 1 aromatic heterocycles. The lowest BCUT2D eigenvalue weighted by Gasteiger charge is -2.14. The molecule has 0 unspecified atom stereocenters. The average Bonchev–Trinajstić information content (AvgIpc) is 2.47. The van der Waals surface area contributed by atoms with Crippen LogP contribution in [0.5, 0.6) is 0 Å². The van der Waals surface area contributed by atoms with E-state index in [-0.39, 0.29) is 11.9 Å². The van der Waals surface area contributed by atoms with E-state index in [9.17, 15) is 4.79 Å². The zero-order valence-electron chi connectivity index (χ0n) is 11.3. The molecule has 2 rings (SSSR count). The van der Waals surface area contributed by atoms with Gasteiger partial charge in [0.2, 0.25) is 5.91 Å². The topological polar surface area (TPSA) is 42.0 Å². The van der Waals surface area contributed by atoms with E-state index in [1.54, 1.807) is 12.4 Å². The summed E-state index contributed by atoms with van der Waals surface area (Å²) in [5, 5.41) is 3.69. The van der Waals surface area contributed by atoms with Gasteiger partial charge in [0.15, 0.2) is 0 Å². The minimum Gasteiger partial charge on any atom is -0.350 e. The highest BCUT2D eigenvalue weighted by atomic mass is 35.5. The molecule has 1 amide bonds. The van der Waals surface area contributed by atoms with E-state index in [0.29, 0.717) is 17.9 Å². The van der Waals surface area contributed by atoms with Crippen molar-refractivity contribution in [1.29, 1.82) is 0 Å². The number of halogens is 1. The predicted octanol–water partition coefficient (Wildman–Crippen LogP) is 3.55. The van der Waals surface area contributed by atoms with Crippen molar-refractivity contribution in [2.75, 3.05) is 0 Å². The van der Waals surface area contributed by atoms with Gasteiger partial charge >= 0.3 is 0 Å². The van der Waals surface area contributed by atoms with Crippen LogP contribution in [-0.2, 0) is 11.2 Å². The third-order valence-electron chi connectivity index (χ3n) is 3.16. The van der Waals surface area contributed by atoms with Gasteiger partial charge in [-0.3, -0.25) is 9.78 Å². The lowest BCUT2D eigenvalue weighted by Crippen LogP contribution is -2.26. The Balaban J connectivity index is 1.86. The fourth-order valence-electron chi connectivity index (χ4n) is 2.00. The van der Waals surface area contributed by atoms with Crippen LogP contribution >= 0.6 is 11.6 Å². The quantitative estimate of drug-likeness (QED) is 0.914. The van der Waals surface area contributed by atoms with Gasteiger partial charge in [0.1, 0.15) is 0 Å². The highest BCUT2D eigenvalue weighted by Gasteiger charge is 2.10. The smallest absolute Gasteiger partial charge is 0.220 e. The molecule has 0 bridgehead atoms. The van der Waals surface area contributed by atoms with Crippen molar-refractivity contribution in [3.8, 4) is 0 Å². The molecule has 0 radical (unpaired) electrons. The second kappa shape index (κ2) is 7.06.